The molecule has 0 amide bonds. The molecule has 3 heteroatoms. The maximum absolute atomic E-state index is 10.4. The van der Waals surface area contributed by atoms with Gasteiger partial charge in [0.1, 0.15) is 0 Å². The molecule has 0 radical (unpaired) electrons. The molecular formula is C20H33NO2. The third-order valence-corrected chi connectivity index (χ3v) is 4.97. The standard InChI is InChI=1S/C20H33NO2/c1-3-20(17-11-7-5-8-12-17)23-16-19(22)15-21(4-2)18-13-9-6-10-14-18/h5,7-8,11-12,18-20,22H,3-4,6,9-10,13-16H2,1-2H3/t19-,20-/m1/s1. The smallest absolute Gasteiger partial charge is 0.0900 e. The summed E-state index contributed by atoms with van der Waals surface area (Å²) in [4.78, 5) is 2.44. The highest BCUT2D eigenvalue weighted by Crippen LogP contribution is 2.23. The Morgan fingerprint density at radius 3 is 2.43 bits per heavy atom. The zero-order chi connectivity index (χ0) is 16.5. The van der Waals surface area contributed by atoms with Gasteiger partial charge in [-0.15, -0.1) is 0 Å². The van der Waals surface area contributed by atoms with Crippen LogP contribution in [0.5, 0.6) is 0 Å². The molecule has 0 saturated heterocycles. The van der Waals surface area contributed by atoms with Crippen LogP contribution in [-0.2, 0) is 4.74 Å². The van der Waals surface area contributed by atoms with Gasteiger partial charge in [-0.25, -0.2) is 0 Å². The molecule has 1 aromatic carbocycles. The Kier molecular flexibility index (Phi) is 8.07. The van der Waals surface area contributed by atoms with E-state index in [2.05, 4.69) is 30.9 Å². The minimum Gasteiger partial charge on any atom is -0.389 e. The van der Waals surface area contributed by atoms with E-state index in [0.29, 0.717) is 12.6 Å². The summed E-state index contributed by atoms with van der Waals surface area (Å²) in [6.07, 6.45) is 7.20. The normalized spacial score (nSPS) is 19.0. The molecule has 3 nitrogen and oxygen atoms in total. The number of likely N-dealkylation sites (N-methyl/N-ethyl adjacent to an activating group) is 1. The Bertz CT molecular complexity index is 417. The summed E-state index contributed by atoms with van der Waals surface area (Å²) < 4.78 is 6.00. The third-order valence-electron chi connectivity index (χ3n) is 4.97. The number of benzene rings is 1. The van der Waals surface area contributed by atoms with E-state index in [1.807, 2.05) is 18.2 Å². The summed E-state index contributed by atoms with van der Waals surface area (Å²) in [6, 6.07) is 11.0. The summed E-state index contributed by atoms with van der Waals surface area (Å²) in [5, 5.41) is 10.4. The van der Waals surface area contributed by atoms with E-state index < -0.39 is 6.10 Å². The first-order valence-electron chi connectivity index (χ1n) is 9.33. The lowest BCUT2D eigenvalue weighted by Gasteiger charge is -2.35. The van der Waals surface area contributed by atoms with Gasteiger partial charge in [0, 0.05) is 12.6 Å². The van der Waals surface area contributed by atoms with Gasteiger partial charge in [0.25, 0.3) is 0 Å². The molecule has 0 unspecified atom stereocenters. The molecule has 1 aromatic rings. The van der Waals surface area contributed by atoms with E-state index in [9.17, 15) is 5.11 Å². The maximum atomic E-state index is 10.4. The average Bonchev–Trinajstić information content (AvgIpc) is 2.62. The van der Waals surface area contributed by atoms with Crippen molar-refractivity contribution in [3.63, 3.8) is 0 Å². The number of aliphatic hydroxyl groups is 1. The Morgan fingerprint density at radius 1 is 1.13 bits per heavy atom. The summed E-state index contributed by atoms with van der Waals surface area (Å²) in [6.45, 7) is 6.48. The highest BCUT2D eigenvalue weighted by Gasteiger charge is 2.22. The fourth-order valence-electron chi connectivity index (χ4n) is 3.65. The Hall–Kier alpha value is -0.900. The van der Waals surface area contributed by atoms with Crippen LogP contribution in [0.2, 0.25) is 0 Å². The second kappa shape index (κ2) is 10.1. The molecule has 0 bridgehead atoms. The highest BCUT2D eigenvalue weighted by molar-refractivity contribution is 5.17. The lowest BCUT2D eigenvalue weighted by atomic mass is 9.94. The van der Waals surface area contributed by atoms with Gasteiger partial charge >= 0.3 is 0 Å². The topological polar surface area (TPSA) is 32.7 Å². The predicted molar refractivity (Wildman–Crippen MR) is 95.6 cm³/mol. The van der Waals surface area contributed by atoms with Crippen LogP contribution in [0.15, 0.2) is 30.3 Å². The molecule has 130 valence electrons. The molecule has 23 heavy (non-hydrogen) atoms. The highest BCUT2D eigenvalue weighted by atomic mass is 16.5. The van der Waals surface area contributed by atoms with E-state index in [-0.39, 0.29) is 6.10 Å². The SMILES string of the molecule is CC[C@@H](OC[C@H](O)CN(CC)C1CCCCC1)c1ccccc1. The predicted octanol–water partition coefficient (Wildman–Crippen LogP) is 4.17. The molecule has 0 aromatic heterocycles. The zero-order valence-corrected chi connectivity index (χ0v) is 14.8. The molecule has 1 saturated carbocycles. The summed E-state index contributed by atoms with van der Waals surface area (Å²) in [5.74, 6) is 0. The van der Waals surface area contributed by atoms with Gasteiger partial charge in [-0.05, 0) is 31.4 Å². The molecule has 1 N–H and O–H groups in total. The molecule has 0 spiro atoms. The quantitative estimate of drug-likeness (QED) is 0.741. The Labute approximate surface area is 141 Å². The first-order valence-corrected chi connectivity index (χ1v) is 9.33. The van der Waals surface area contributed by atoms with Crippen molar-refractivity contribution < 1.29 is 9.84 Å². The van der Waals surface area contributed by atoms with Crippen molar-refractivity contribution in [3.05, 3.63) is 35.9 Å². The molecule has 0 heterocycles. The van der Waals surface area contributed by atoms with E-state index in [1.54, 1.807) is 0 Å². The molecule has 2 atom stereocenters. The van der Waals surface area contributed by atoms with E-state index in [1.165, 1.54) is 37.7 Å². The number of hydrogen-bond acceptors (Lipinski definition) is 3. The van der Waals surface area contributed by atoms with Crippen molar-refractivity contribution in [2.24, 2.45) is 0 Å². The molecular weight excluding hydrogens is 286 g/mol. The minimum atomic E-state index is -0.408. The lowest BCUT2D eigenvalue weighted by Crippen LogP contribution is -2.42. The first-order chi connectivity index (χ1) is 11.2. The van der Waals surface area contributed by atoms with E-state index in [4.69, 9.17) is 4.74 Å². The van der Waals surface area contributed by atoms with Crippen molar-refractivity contribution in [1.29, 1.82) is 0 Å². The molecule has 1 fully saturated rings. The maximum Gasteiger partial charge on any atom is 0.0900 e. The van der Waals surface area contributed by atoms with Gasteiger partial charge in [0.2, 0.25) is 0 Å². The Balaban J connectivity index is 1.79. The number of ether oxygens (including phenoxy) is 1. The van der Waals surface area contributed by atoms with Gasteiger partial charge in [-0.1, -0.05) is 63.4 Å². The molecule has 1 aliphatic rings. The fraction of sp³-hybridized carbons (Fsp3) is 0.700. The van der Waals surface area contributed by atoms with E-state index in [0.717, 1.165) is 19.5 Å². The minimum absolute atomic E-state index is 0.0793. The third kappa shape index (κ3) is 5.91. The first kappa shape index (κ1) is 18.4. The number of nitrogens with zero attached hydrogens (tertiary/aromatic N) is 1. The van der Waals surface area contributed by atoms with Crippen LogP contribution in [0.4, 0.5) is 0 Å². The van der Waals surface area contributed by atoms with Crippen LogP contribution >= 0.6 is 0 Å². The summed E-state index contributed by atoms with van der Waals surface area (Å²) in [7, 11) is 0. The summed E-state index contributed by atoms with van der Waals surface area (Å²) in [5.41, 5.74) is 1.20. The van der Waals surface area contributed by atoms with Crippen molar-refractivity contribution >= 4 is 0 Å². The van der Waals surface area contributed by atoms with Gasteiger partial charge in [0.05, 0.1) is 18.8 Å². The fourth-order valence-corrected chi connectivity index (χ4v) is 3.65. The van der Waals surface area contributed by atoms with Gasteiger partial charge in [-0.3, -0.25) is 4.90 Å². The van der Waals surface area contributed by atoms with Crippen molar-refractivity contribution in [1.82, 2.24) is 4.90 Å². The van der Waals surface area contributed by atoms with Crippen LogP contribution in [-0.4, -0.2) is 41.8 Å². The van der Waals surface area contributed by atoms with Crippen molar-refractivity contribution in [2.45, 2.75) is 70.6 Å². The van der Waals surface area contributed by atoms with Crippen LogP contribution in [0.25, 0.3) is 0 Å². The van der Waals surface area contributed by atoms with E-state index >= 15 is 0 Å². The number of rotatable bonds is 9. The van der Waals surface area contributed by atoms with Crippen LogP contribution in [0.1, 0.15) is 64.0 Å². The largest absolute Gasteiger partial charge is 0.389 e. The van der Waals surface area contributed by atoms with Crippen LogP contribution in [0, 0.1) is 0 Å². The summed E-state index contributed by atoms with van der Waals surface area (Å²) >= 11 is 0. The van der Waals surface area contributed by atoms with Gasteiger partial charge in [-0.2, -0.15) is 0 Å². The number of hydrogen-bond donors (Lipinski definition) is 1. The molecule has 1 aliphatic carbocycles. The van der Waals surface area contributed by atoms with Crippen LogP contribution in [0.3, 0.4) is 0 Å². The molecule has 2 rings (SSSR count). The monoisotopic (exact) mass is 319 g/mol. The van der Waals surface area contributed by atoms with Crippen molar-refractivity contribution in [3.8, 4) is 0 Å². The lowest BCUT2D eigenvalue weighted by molar-refractivity contribution is -0.0294. The number of aliphatic hydroxyl groups excluding tert-OH is 1. The zero-order valence-electron chi connectivity index (χ0n) is 14.8. The van der Waals surface area contributed by atoms with Gasteiger partial charge < -0.3 is 9.84 Å². The van der Waals surface area contributed by atoms with Crippen LogP contribution < -0.4 is 0 Å². The second-order valence-corrected chi connectivity index (χ2v) is 6.67. The second-order valence-electron chi connectivity index (χ2n) is 6.67. The average molecular weight is 319 g/mol. The molecule has 0 aliphatic heterocycles. The van der Waals surface area contributed by atoms with Crippen molar-refractivity contribution in [2.75, 3.05) is 19.7 Å². The Morgan fingerprint density at radius 2 is 1.83 bits per heavy atom. The van der Waals surface area contributed by atoms with Gasteiger partial charge in [0.15, 0.2) is 0 Å².